The lowest BCUT2D eigenvalue weighted by atomic mass is 9.99. The summed E-state index contributed by atoms with van der Waals surface area (Å²) >= 11 is 0. The lowest BCUT2D eigenvalue weighted by Gasteiger charge is -2.30. The minimum Gasteiger partial charge on any atom is -0.508 e. The Morgan fingerprint density at radius 2 is 0.965 bits per heavy atom. The van der Waals surface area contributed by atoms with E-state index in [1.807, 2.05) is 18.2 Å². The first-order chi connectivity index (χ1) is 41.0. The number of phenolic OH excluding ortho intramolecular Hbond substituents is 2. The number of nitrogens with one attached hydrogen (secondary N) is 9. The molecule has 26 heteroatoms. The number of carbonyl (C=O) groups excluding carboxylic acids is 8. The van der Waals surface area contributed by atoms with Crippen LogP contribution in [0.5, 0.6) is 11.5 Å². The minimum atomic E-state index is -1.80. The maximum Gasteiger partial charge on any atom is 0.328 e. The molecule has 0 saturated carbocycles. The number of H-pyrrole nitrogens is 2. The molecule has 1 aliphatic rings. The number of aliphatic carboxylic acids is 1. The SMILES string of the molecule is CC(C)[C@H](NC(=O)[C@H](Cc1c[nH]c2ccccc12)NC(=O)[C@@H]1CCCN1C(=O)[C@@H](N)CO)C(=O)N[C@H](C(=O)N[C@@H](Cc1c[nH]c2ccccc12)C(=O)N[C@@H](Cc1ccc(O)cc1)C(=O)N[C@@H](Cc1ccc(O)cc1)C(=O)N[C@@H](CO)C(=O)O)[C@@H](C)O. The van der Waals surface area contributed by atoms with Gasteiger partial charge in [0, 0.05) is 66.4 Å². The van der Waals surface area contributed by atoms with Crippen molar-refractivity contribution in [2.45, 2.75) is 120 Å². The summed E-state index contributed by atoms with van der Waals surface area (Å²) in [5.41, 5.74) is 9.20. The molecule has 10 atom stereocenters. The van der Waals surface area contributed by atoms with Crippen molar-refractivity contribution in [1.82, 2.24) is 52.1 Å². The molecule has 458 valence electrons. The summed E-state index contributed by atoms with van der Waals surface area (Å²) in [5, 5.41) is 79.7. The molecule has 0 spiro atoms. The Hall–Kier alpha value is -9.37. The number of nitrogens with zero attached hydrogens (tertiary/aromatic N) is 1. The zero-order chi connectivity index (χ0) is 62.4. The van der Waals surface area contributed by atoms with Gasteiger partial charge >= 0.3 is 5.97 Å². The largest absolute Gasteiger partial charge is 0.508 e. The van der Waals surface area contributed by atoms with Gasteiger partial charge in [0.1, 0.15) is 65.9 Å². The molecule has 26 nitrogen and oxygen atoms in total. The van der Waals surface area contributed by atoms with Crippen molar-refractivity contribution < 1.29 is 73.8 Å². The van der Waals surface area contributed by atoms with E-state index < -0.39 is 133 Å². The Labute approximate surface area is 493 Å². The van der Waals surface area contributed by atoms with E-state index in [1.54, 1.807) is 56.6 Å². The van der Waals surface area contributed by atoms with E-state index in [0.717, 1.165) is 10.9 Å². The molecule has 7 rings (SSSR count). The molecule has 1 fully saturated rings. The van der Waals surface area contributed by atoms with Crippen LogP contribution in [0.1, 0.15) is 55.9 Å². The summed E-state index contributed by atoms with van der Waals surface area (Å²) in [5.74, 6) is -9.63. The number of carboxylic acids is 1. The summed E-state index contributed by atoms with van der Waals surface area (Å²) in [6.45, 7) is 2.96. The average Bonchev–Trinajstić information content (AvgIpc) is 2.63. The first kappa shape index (κ1) is 64.2. The predicted molar refractivity (Wildman–Crippen MR) is 312 cm³/mol. The Morgan fingerprint density at radius 1 is 0.547 bits per heavy atom. The zero-order valence-electron chi connectivity index (χ0n) is 47.5. The van der Waals surface area contributed by atoms with E-state index in [2.05, 4.69) is 47.2 Å². The Balaban J connectivity index is 1.15. The standard InChI is InChI=1S/C60H73N11O15/c1-31(2)50(69-55(80)47(26-36-28-63-43-12-7-5-10-40(36)43)66-56(81)49-13-8-22-71(49)59(84)41(61)29-72)57(82)70-51(32(3)74)58(83)67-46(25-35-27-62-42-11-6-4-9-39(35)42)54(79)65-44(23-33-14-18-37(75)19-15-33)52(77)64-45(24-34-16-20-38(76)21-17-34)53(78)68-48(30-73)60(85)86/h4-7,9-12,14-21,27-28,31-32,41,44-51,62-63,72-76H,8,13,22-26,29-30,61H2,1-3H3,(H,64,77)(H,65,79)(H,66,81)(H,67,83)(H,68,78)(H,69,80)(H,70,82)(H,85,86)/t32-,41+,44+,45+,46+,47+,48+,49+,50+,51+/m1/s1. The molecular formula is C60H73N11O15. The molecule has 17 N–H and O–H groups in total. The molecular weight excluding hydrogens is 1110 g/mol. The van der Waals surface area contributed by atoms with E-state index >= 15 is 0 Å². The second-order valence-electron chi connectivity index (χ2n) is 21.6. The van der Waals surface area contributed by atoms with Crippen LogP contribution in [0.15, 0.2) is 109 Å². The number of aliphatic hydroxyl groups is 3. The highest BCUT2D eigenvalue weighted by molar-refractivity contribution is 5.99. The van der Waals surface area contributed by atoms with Gasteiger partial charge in [-0.2, -0.15) is 0 Å². The van der Waals surface area contributed by atoms with Gasteiger partial charge in [-0.15, -0.1) is 0 Å². The molecule has 6 aromatic rings. The highest BCUT2D eigenvalue weighted by atomic mass is 16.4. The van der Waals surface area contributed by atoms with Crippen molar-refractivity contribution in [3.63, 3.8) is 0 Å². The van der Waals surface area contributed by atoms with Crippen molar-refractivity contribution >= 4 is 75.0 Å². The maximum absolute atomic E-state index is 14.9. The van der Waals surface area contributed by atoms with E-state index in [1.165, 1.54) is 60.4 Å². The fraction of sp³-hybridized carbons (Fsp3) is 0.383. The molecule has 86 heavy (non-hydrogen) atoms. The third-order valence-electron chi connectivity index (χ3n) is 14.9. The summed E-state index contributed by atoms with van der Waals surface area (Å²) in [6, 6.07) is 12.1. The number of likely N-dealkylation sites (tertiary alicyclic amines) is 1. The topological polar surface area (TPSA) is 420 Å². The number of aliphatic hydroxyl groups excluding tert-OH is 3. The van der Waals surface area contributed by atoms with E-state index in [-0.39, 0.29) is 50.1 Å². The van der Waals surface area contributed by atoms with Gasteiger partial charge in [-0.05, 0) is 84.3 Å². The fourth-order valence-corrected chi connectivity index (χ4v) is 10.2. The van der Waals surface area contributed by atoms with Crippen molar-refractivity contribution in [2.75, 3.05) is 19.8 Å². The van der Waals surface area contributed by atoms with Crippen molar-refractivity contribution in [2.24, 2.45) is 11.7 Å². The molecule has 0 unspecified atom stereocenters. The Morgan fingerprint density at radius 3 is 1.42 bits per heavy atom. The number of aromatic hydroxyl groups is 2. The Kier molecular flexibility index (Phi) is 22.0. The number of para-hydroxylation sites is 2. The summed E-state index contributed by atoms with van der Waals surface area (Å²) in [7, 11) is 0. The number of phenols is 2. The van der Waals surface area contributed by atoms with Gasteiger partial charge in [0.2, 0.25) is 47.3 Å². The highest BCUT2D eigenvalue weighted by Gasteiger charge is 2.40. The number of nitrogens with two attached hydrogens (primary N) is 1. The average molecular weight is 1190 g/mol. The number of aromatic nitrogens is 2. The molecule has 0 bridgehead atoms. The number of carbonyl (C=O) groups is 9. The van der Waals surface area contributed by atoms with Gasteiger partial charge in [-0.25, -0.2) is 4.79 Å². The van der Waals surface area contributed by atoms with Gasteiger partial charge in [0.25, 0.3) is 0 Å². The third kappa shape index (κ3) is 16.5. The van der Waals surface area contributed by atoms with Crippen LogP contribution in [-0.4, -0.2) is 179 Å². The minimum absolute atomic E-state index is 0.0888. The maximum atomic E-state index is 14.9. The van der Waals surface area contributed by atoms with Crippen molar-refractivity contribution in [3.8, 4) is 11.5 Å². The number of amides is 8. The molecule has 0 radical (unpaired) electrons. The second kappa shape index (κ2) is 29.4. The third-order valence-corrected chi connectivity index (χ3v) is 14.9. The van der Waals surface area contributed by atoms with Gasteiger partial charge in [-0.3, -0.25) is 38.4 Å². The Bertz CT molecular complexity index is 3380. The van der Waals surface area contributed by atoms with Crippen molar-refractivity contribution in [3.05, 3.63) is 132 Å². The number of hydrogen-bond acceptors (Lipinski definition) is 15. The van der Waals surface area contributed by atoms with Crippen LogP contribution in [0.2, 0.25) is 0 Å². The molecule has 1 saturated heterocycles. The molecule has 2 aromatic heterocycles. The normalized spacial score (nSPS) is 16.3. The second-order valence-corrected chi connectivity index (χ2v) is 21.6. The van der Waals surface area contributed by atoms with Crippen LogP contribution in [-0.2, 0) is 68.8 Å². The summed E-state index contributed by atoms with van der Waals surface area (Å²) in [4.78, 5) is 134. The number of benzene rings is 4. The van der Waals surface area contributed by atoms with E-state index in [4.69, 9.17) is 5.73 Å². The molecule has 3 heterocycles. The van der Waals surface area contributed by atoms with Gasteiger partial charge < -0.3 is 88.5 Å². The summed E-state index contributed by atoms with van der Waals surface area (Å²) < 4.78 is 0. The van der Waals surface area contributed by atoms with Crippen molar-refractivity contribution in [1.29, 1.82) is 0 Å². The van der Waals surface area contributed by atoms with Crippen LogP contribution >= 0.6 is 0 Å². The first-order valence-electron chi connectivity index (χ1n) is 28.0. The molecule has 1 aliphatic heterocycles. The number of carboxylic acid groups (broad SMARTS) is 1. The van der Waals surface area contributed by atoms with Crippen LogP contribution in [0.25, 0.3) is 21.8 Å². The quantitative estimate of drug-likeness (QED) is 0.0284. The van der Waals surface area contributed by atoms with Crippen LogP contribution in [0.3, 0.4) is 0 Å². The number of fused-ring (bicyclic) bond motifs is 2. The van der Waals surface area contributed by atoms with E-state index in [0.29, 0.717) is 39.6 Å². The molecule has 4 aromatic carbocycles. The lowest BCUT2D eigenvalue weighted by Crippen LogP contribution is -2.63. The zero-order valence-corrected chi connectivity index (χ0v) is 47.5. The van der Waals surface area contributed by atoms with Gasteiger partial charge in [0.15, 0.2) is 0 Å². The van der Waals surface area contributed by atoms with Crippen LogP contribution in [0.4, 0.5) is 0 Å². The smallest absolute Gasteiger partial charge is 0.328 e. The fourth-order valence-electron chi connectivity index (χ4n) is 10.2. The monoisotopic (exact) mass is 1190 g/mol. The number of hydrogen-bond donors (Lipinski definition) is 16. The predicted octanol–water partition coefficient (Wildman–Crippen LogP) is -0.851. The lowest BCUT2D eigenvalue weighted by molar-refractivity contribution is -0.143. The van der Waals surface area contributed by atoms with Crippen LogP contribution in [0, 0.1) is 5.92 Å². The molecule has 0 aliphatic carbocycles. The van der Waals surface area contributed by atoms with Gasteiger partial charge in [-0.1, -0.05) is 74.5 Å². The van der Waals surface area contributed by atoms with Crippen LogP contribution < -0.4 is 43.0 Å². The highest BCUT2D eigenvalue weighted by Crippen LogP contribution is 2.24. The number of aromatic amines is 2. The number of rotatable bonds is 28. The van der Waals surface area contributed by atoms with Gasteiger partial charge in [0.05, 0.1) is 19.3 Å². The van der Waals surface area contributed by atoms with E-state index in [9.17, 15) is 73.8 Å². The first-order valence-corrected chi connectivity index (χ1v) is 28.0. The molecule has 8 amide bonds. The summed E-state index contributed by atoms with van der Waals surface area (Å²) in [6.07, 6.45) is 1.42.